The molecule has 0 atom stereocenters. The molecule has 0 aromatic carbocycles. The molecule has 0 spiro atoms. The summed E-state index contributed by atoms with van der Waals surface area (Å²) in [6.07, 6.45) is 6.89. The van der Waals surface area contributed by atoms with Gasteiger partial charge in [-0.25, -0.2) is 0 Å². The average Bonchev–Trinajstić information content (AvgIpc) is 2.33. The molecule has 5 nitrogen and oxygen atoms in total. The quantitative estimate of drug-likeness (QED) is 0.759. The monoisotopic (exact) mass is 220 g/mol. The van der Waals surface area contributed by atoms with E-state index < -0.39 is 0 Å². The molecule has 0 unspecified atom stereocenters. The summed E-state index contributed by atoms with van der Waals surface area (Å²) in [6.45, 7) is 0. The lowest BCUT2D eigenvalue weighted by molar-refractivity contribution is 0.0925. The Morgan fingerprint density at radius 2 is 2.06 bits per heavy atom. The highest BCUT2D eigenvalue weighted by Crippen LogP contribution is 2.17. The zero-order valence-corrected chi connectivity index (χ0v) is 9.10. The number of carbonyl (C=O) groups is 1. The Labute approximate surface area is 94.4 Å². The fourth-order valence-electron chi connectivity index (χ4n) is 1.96. The molecule has 1 aliphatic carbocycles. The number of nitrogens with zero attached hydrogens (tertiary/aromatic N) is 2. The zero-order valence-electron chi connectivity index (χ0n) is 9.10. The maximum absolute atomic E-state index is 11.8. The second-order valence-corrected chi connectivity index (χ2v) is 4.22. The van der Waals surface area contributed by atoms with Crippen molar-refractivity contribution in [2.24, 2.45) is 5.73 Å². The molecule has 0 aliphatic heterocycles. The predicted octanol–water partition coefficient (Wildman–Crippen LogP) is 0.476. The van der Waals surface area contributed by atoms with E-state index in [0.717, 1.165) is 25.7 Å². The first kappa shape index (κ1) is 11.0. The SMILES string of the molecule is NC1CCC(NC(=O)c2ccnnc2)CC1. The third kappa shape index (κ3) is 2.76. The van der Waals surface area contributed by atoms with E-state index in [4.69, 9.17) is 5.73 Å². The summed E-state index contributed by atoms with van der Waals surface area (Å²) in [5.74, 6) is -0.0737. The van der Waals surface area contributed by atoms with Crippen molar-refractivity contribution in [2.75, 3.05) is 0 Å². The molecule has 3 N–H and O–H groups in total. The maximum Gasteiger partial charge on any atom is 0.253 e. The number of nitrogens with one attached hydrogen (secondary N) is 1. The lowest BCUT2D eigenvalue weighted by atomic mass is 9.92. The van der Waals surface area contributed by atoms with Crippen LogP contribution in [0.4, 0.5) is 0 Å². The zero-order chi connectivity index (χ0) is 11.4. The first-order chi connectivity index (χ1) is 7.75. The second kappa shape index (κ2) is 5.03. The van der Waals surface area contributed by atoms with E-state index in [9.17, 15) is 4.79 Å². The highest BCUT2D eigenvalue weighted by atomic mass is 16.1. The summed E-state index contributed by atoms with van der Waals surface area (Å²) >= 11 is 0. The van der Waals surface area contributed by atoms with Gasteiger partial charge in [-0.2, -0.15) is 10.2 Å². The second-order valence-electron chi connectivity index (χ2n) is 4.22. The molecular weight excluding hydrogens is 204 g/mol. The van der Waals surface area contributed by atoms with E-state index in [1.807, 2.05) is 0 Å². The van der Waals surface area contributed by atoms with Gasteiger partial charge in [-0.3, -0.25) is 4.79 Å². The molecule has 0 radical (unpaired) electrons. The molecular formula is C11H16N4O. The van der Waals surface area contributed by atoms with Crippen molar-refractivity contribution < 1.29 is 4.79 Å². The van der Waals surface area contributed by atoms with Crippen molar-refractivity contribution in [1.29, 1.82) is 0 Å². The van der Waals surface area contributed by atoms with Gasteiger partial charge >= 0.3 is 0 Å². The van der Waals surface area contributed by atoms with Gasteiger partial charge < -0.3 is 11.1 Å². The number of nitrogens with two attached hydrogens (primary N) is 1. The van der Waals surface area contributed by atoms with E-state index in [1.165, 1.54) is 12.4 Å². The summed E-state index contributed by atoms with van der Waals surface area (Å²) < 4.78 is 0. The van der Waals surface area contributed by atoms with Crippen LogP contribution in [0.1, 0.15) is 36.0 Å². The third-order valence-electron chi connectivity index (χ3n) is 2.95. The molecule has 1 aliphatic rings. The van der Waals surface area contributed by atoms with Gasteiger partial charge in [0.2, 0.25) is 0 Å². The lowest BCUT2D eigenvalue weighted by Gasteiger charge is -2.26. The minimum absolute atomic E-state index is 0.0737. The molecule has 2 rings (SSSR count). The van der Waals surface area contributed by atoms with E-state index >= 15 is 0 Å². The molecule has 16 heavy (non-hydrogen) atoms. The first-order valence-electron chi connectivity index (χ1n) is 5.59. The smallest absolute Gasteiger partial charge is 0.253 e. The Bertz CT molecular complexity index is 346. The third-order valence-corrected chi connectivity index (χ3v) is 2.95. The average molecular weight is 220 g/mol. The molecule has 1 fully saturated rings. The highest BCUT2D eigenvalue weighted by molar-refractivity contribution is 5.93. The van der Waals surface area contributed by atoms with Crippen molar-refractivity contribution >= 4 is 5.91 Å². The number of rotatable bonds is 2. The van der Waals surface area contributed by atoms with Crippen molar-refractivity contribution in [1.82, 2.24) is 15.5 Å². The molecule has 86 valence electrons. The van der Waals surface area contributed by atoms with E-state index in [0.29, 0.717) is 11.6 Å². The van der Waals surface area contributed by atoms with Crippen molar-refractivity contribution in [3.05, 3.63) is 24.0 Å². The molecule has 1 aromatic rings. The summed E-state index contributed by atoms with van der Waals surface area (Å²) in [7, 11) is 0. The molecule has 5 heteroatoms. The van der Waals surface area contributed by atoms with Gasteiger partial charge in [0.05, 0.1) is 18.0 Å². The van der Waals surface area contributed by atoms with Gasteiger partial charge in [0.25, 0.3) is 5.91 Å². The molecule has 0 bridgehead atoms. The fraction of sp³-hybridized carbons (Fsp3) is 0.545. The van der Waals surface area contributed by atoms with Crippen LogP contribution in [0.15, 0.2) is 18.5 Å². The number of aromatic nitrogens is 2. The molecule has 0 saturated heterocycles. The van der Waals surface area contributed by atoms with Crippen LogP contribution >= 0.6 is 0 Å². The normalized spacial score (nSPS) is 25.1. The minimum atomic E-state index is -0.0737. The molecule has 1 aromatic heterocycles. The summed E-state index contributed by atoms with van der Waals surface area (Å²) in [5, 5.41) is 10.3. The highest BCUT2D eigenvalue weighted by Gasteiger charge is 2.20. The van der Waals surface area contributed by atoms with Gasteiger partial charge in [-0.15, -0.1) is 0 Å². The van der Waals surface area contributed by atoms with Crippen LogP contribution in [0.3, 0.4) is 0 Å². The Balaban J connectivity index is 1.88. The summed E-state index contributed by atoms with van der Waals surface area (Å²) in [6, 6.07) is 2.22. The number of hydrogen-bond donors (Lipinski definition) is 2. The Morgan fingerprint density at radius 1 is 1.31 bits per heavy atom. The van der Waals surface area contributed by atoms with Gasteiger partial charge in [0, 0.05) is 12.1 Å². The van der Waals surface area contributed by atoms with E-state index in [2.05, 4.69) is 15.5 Å². The van der Waals surface area contributed by atoms with Crippen LogP contribution in [0.2, 0.25) is 0 Å². The Hall–Kier alpha value is -1.49. The Morgan fingerprint density at radius 3 is 2.69 bits per heavy atom. The summed E-state index contributed by atoms with van der Waals surface area (Å²) in [4.78, 5) is 11.8. The Kier molecular flexibility index (Phi) is 3.46. The van der Waals surface area contributed by atoms with Crippen LogP contribution in [-0.4, -0.2) is 28.2 Å². The van der Waals surface area contributed by atoms with Crippen LogP contribution < -0.4 is 11.1 Å². The van der Waals surface area contributed by atoms with Crippen LogP contribution in [0, 0.1) is 0 Å². The molecule has 1 saturated carbocycles. The van der Waals surface area contributed by atoms with Gasteiger partial charge in [-0.1, -0.05) is 0 Å². The maximum atomic E-state index is 11.8. The van der Waals surface area contributed by atoms with E-state index in [-0.39, 0.29) is 11.9 Å². The topological polar surface area (TPSA) is 80.9 Å². The van der Waals surface area contributed by atoms with Crippen molar-refractivity contribution in [3.63, 3.8) is 0 Å². The van der Waals surface area contributed by atoms with Gasteiger partial charge in [0.15, 0.2) is 0 Å². The standard InChI is InChI=1S/C11H16N4O/c12-9-1-3-10(4-2-9)15-11(16)8-5-6-13-14-7-8/h5-7,9-10H,1-4,12H2,(H,15,16). The first-order valence-corrected chi connectivity index (χ1v) is 5.59. The number of carbonyl (C=O) groups excluding carboxylic acids is 1. The number of amides is 1. The molecule has 1 heterocycles. The van der Waals surface area contributed by atoms with Crippen LogP contribution in [0.5, 0.6) is 0 Å². The minimum Gasteiger partial charge on any atom is -0.349 e. The van der Waals surface area contributed by atoms with Crippen LogP contribution in [-0.2, 0) is 0 Å². The van der Waals surface area contributed by atoms with Gasteiger partial charge in [-0.05, 0) is 31.7 Å². The predicted molar refractivity (Wildman–Crippen MR) is 59.7 cm³/mol. The van der Waals surface area contributed by atoms with Crippen molar-refractivity contribution in [2.45, 2.75) is 37.8 Å². The van der Waals surface area contributed by atoms with Crippen molar-refractivity contribution in [3.8, 4) is 0 Å². The summed E-state index contributed by atoms with van der Waals surface area (Å²) in [5.41, 5.74) is 6.37. The molecule has 1 amide bonds. The van der Waals surface area contributed by atoms with E-state index in [1.54, 1.807) is 6.07 Å². The van der Waals surface area contributed by atoms with Crippen LogP contribution in [0.25, 0.3) is 0 Å². The number of hydrogen-bond acceptors (Lipinski definition) is 4. The largest absolute Gasteiger partial charge is 0.349 e. The fourth-order valence-corrected chi connectivity index (χ4v) is 1.96. The lowest BCUT2D eigenvalue weighted by Crippen LogP contribution is -2.40. The van der Waals surface area contributed by atoms with Gasteiger partial charge in [0.1, 0.15) is 0 Å².